The lowest BCUT2D eigenvalue weighted by atomic mass is 10.2. The maximum atomic E-state index is 12.5. The Bertz CT molecular complexity index is 526. The highest BCUT2D eigenvalue weighted by Gasteiger charge is 2.31. The molecule has 0 fully saturated rings. The number of nitrogens with one attached hydrogen (secondary N) is 1. The van der Waals surface area contributed by atoms with E-state index in [0.717, 1.165) is 12.1 Å². The molecule has 0 bridgehead atoms. The molecule has 1 N–H and O–H groups in total. The van der Waals surface area contributed by atoms with Crippen molar-refractivity contribution in [2.75, 3.05) is 17.6 Å². The topological polar surface area (TPSA) is 55.4 Å². The van der Waals surface area contributed by atoms with Crippen LogP contribution in [0.4, 0.5) is 18.9 Å². The molecule has 102 valence electrons. The first-order chi connectivity index (χ1) is 8.19. The van der Waals surface area contributed by atoms with Crippen molar-refractivity contribution in [1.29, 1.82) is 0 Å². The summed E-state index contributed by atoms with van der Waals surface area (Å²) in [5, 5.41) is 0. The standard InChI is InChI=1S/C10H12F3NO3S/c1-3-18(15,16)14-8-6-7(10(11,12)13)4-5-9(8)17-2/h4-6,14H,3H2,1-2H3. The molecule has 0 aliphatic rings. The highest BCUT2D eigenvalue weighted by atomic mass is 32.2. The predicted octanol–water partition coefficient (Wildman–Crippen LogP) is 2.48. The maximum Gasteiger partial charge on any atom is 0.416 e. The average molecular weight is 283 g/mol. The molecule has 0 saturated carbocycles. The number of anilines is 1. The molecule has 4 nitrogen and oxygen atoms in total. The molecule has 8 heteroatoms. The summed E-state index contributed by atoms with van der Waals surface area (Å²) in [5.74, 6) is -0.216. The van der Waals surface area contributed by atoms with Crippen LogP contribution in [-0.4, -0.2) is 21.3 Å². The average Bonchev–Trinajstić information content (AvgIpc) is 2.27. The molecule has 0 heterocycles. The van der Waals surface area contributed by atoms with Crippen molar-refractivity contribution < 1.29 is 26.3 Å². The number of rotatable bonds is 4. The van der Waals surface area contributed by atoms with Crippen LogP contribution in [0.3, 0.4) is 0 Å². The zero-order valence-electron chi connectivity index (χ0n) is 9.71. The van der Waals surface area contributed by atoms with Gasteiger partial charge in [-0.15, -0.1) is 0 Å². The monoisotopic (exact) mass is 283 g/mol. The molecule has 1 aromatic carbocycles. The second kappa shape index (κ2) is 5.05. The van der Waals surface area contributed by atoms with Gasteiger partial charge in [-0.3, -0.25) is 4.72 Å². The fourth-order valence-electron chi connectivity index (χ4n) is 1.20. The first-order valence-electron chi connectivity index (χ1n) is 4.95. The Morgan fingerprint density at radius 2 is 1.94 bits per heavy atom. The second-order valence-electron chi connectivity index (χ2n) is 3.42. The van der Waals surface area contributed by atoms with Crippen molar-refractivity contribution in [2.24, 2.45) is 0 Å². The van der Waals surface area contributed by atoms with E-state index < -0.39 is 21.8 Å². The quantitative estimate of drug-likeness (QED) is 0.923. The normalized spacial score (nSPS) is 12.3. The Morgan fingerprint density at radius 1 is 1.33 bits per heavy atom. The van der Waals surface area contributed by atoms with Crippen molar-refractivity contribution >= 4 is 15.7 Å². The van der Waals surface area contributed by atoms with E-state index in [1.807, 2.05) is 4.72 Å². The first kappa shape index (κ1) is 14.6. The van der Waals surface area contributed by atoms with Gasteiger partial charge in [0.2, 0.25) is 10.0 Å². The molecular weight excluding hydrogens is 271 g/mol. The molecule has 0 saturated heterocycles. The van der Waals surface area contributed by atoms with E-state index in [2.05, 4.69) is 0 Å². The molecule has 0 unspecified atom stereocenters. The van der Waals surface area contributed by atoms with Gasteiger partial charge in [0, 0.05) is 0 Å². The van der Waals surface area contributed by atoms with Gasteiger partial charge in [0.05, 0.1) is 24.1 Å². The molecular formula is C10H12F3NO3S. The van der Waals surface area contributed by atoms with Gasteiger partial charge in [-0.2, -0.15) is 13.2 Å². The van der Waals surface area contributed by atoms with Crippen molar-refractivity contribution in [3.63, 3.8) is 0 Å². The van der Waals surface area contributed by atoms with E-state index >= 15 is 0 Å². The number of benzene rings is 1. The van der Waals surface area contributed by atoms with Gasteiger partial charge in [-0.05, 0) is 25.1 Å². The molecule has 0 aliphatic heterocycles. The molecule has 0 aliphatic carbocycles. The number of sulfonamides is 1. The van der Waals surface area contributed by atoms with E-state index in [1.54, 1.807) is 0 Å². The zero-order valence-corrected chi connectivity index (χ0v) is 10.5. The summed E-state index contributed by atoms with van der Waals surface area (Å²) in [6.45, 7) is 1.38. The number of ether oxygens (including phenoxy) is 1. The molecule has 18 heavy (non-hydrogen) atoms. The molecule has 0 radical (unpaired) electrons. The number of methoxy groups -OCH3 is 1. The third-order valence-electron chi connectivity index (χ3n) is 2.17. The van der Waals surface area contributed by atoms with E-state index in [0.29, 0.717) is 6.07 Å². The summed E-state index contributed by atoms with van der Waals surface area (Å²) in [4.78, 5) is 0. The molecule has 1 aromatic rings. The lowest BCUT2D eigenvalue weighted by Crippen LogP contribution is -2.16. The van der Waals surface area contributed by atoms with E-state index in [9.17, 15) is 21.6 Å². The molecule has 0 spiro atoms. The number of hydrogen-bond donors (Lipinski definition) is 1. The minimum absolute atomic E-state index is 0.0278. The van der Waals surface area contributed by atoms with Gasteiger partial charge < -0.3 is 4.74 Å². The van der Waals surface area contributed by atoms with Crippen molar-refractivity contribution in [1.82, 2.24) is 0 Å². The SMILES string of the molecule is CCS(=O)(=O)Nc1cc(C(F)(F)F)ccc1OC. The van der Waals surface area contributed by atoms with Crippen LogP contribution in [0.2, 0.25) is 0 Å². The highest BCUT2D eigenvalue weighted by molar-refractivity contribution is 7.92. The van der Waals surface area contributed by atoms with Crippen LogP contribution in [0, 0.1) is 0 Å². The first-order valence-corrected chi connectivity index (χ1v) is 6.60. The third kappa shape index (κ3) is 3.52. The van der Waals surface area contributed by atoms with Crippen LogP contribution in [-0.2, 0) is 16.2 Å². The summed E-state index contributed by atoms with van der Waals surface area (Å²) in [5.41, 5.74) is -1.17. The van der Waals surface area contributed by atoms with Crippen LogP contribution in [0.25, 0.3) is 0 Å². The van der Waals surface area contributed by atoms with Gasteiger partial charge in [0.15, 0.2) is 0 Å². The van der Waals surface area contributed by atoms with Crippen LogP contribution in [0.1, 0.15) is 12.5 Å². The van der Waals surface area contributed by atoms with Gasteiger partial charge in [-0.1, -0.05) is 0 Å². The number of halogens is 3. The highest BCUT2D eigenvalue weighted by Crippen LogP contribution is 2.35. The van der Waals surface area contributed by atoms with Crippen LogP contribution >= 0.6 is 0 Å². The smallest absolute Gasteiger partial charge is 0.416 e. The fraction of sp³-hybridized carbons (Fsp3) is 0.400. The van der Waals surface area contributed by atoms with Crippen molar-refractivity contribution in [3.8, 4) is 5.75 Å². The summed E-state index contributed by atoms with van der Waals surface area (Å²) < 4.78 is 67.1. The van der Waals surface area contributed by atoms with Crippen LogP contribution in [0.5, 0.6) is 5.75 Å². The minimum atomic E-state index is -4.54. The van der Waals surface area contributed by atoms with Crippen LogP contribution < -0.4 is 9.46 Å². The Morgan fingerprint density at radius 3 is 2.39 bits per heavy atom. The number of hydrogen-bond acceptors (Lipinski definition) is 3. The summed E-state index contributed by atoms with van der Waals surface area (Å²) in [6, 6.07) is 2.59. The van der Waals surface area contributed by atoms with Gasteiger partial charge in [0.1, 0.15) is 5.75 Å². The Labute approximate surface area is 103 Å². The molecule has 0 amide bonds. The fourth-order valence-corrected chi connectivity index (χ4v) is 1.84. The van der Waals surface area contributed by atoms with Gasteiger partial charge in [0.25, 0.3) is 0 Å². The maximum absolute atomic E-state index is 12.5. The summed E-state index contributed by atoms with van der Waals surface area (Å²) in [7, 11) is -2.42. The summed E-state index contributed by atoms with van der Waals surface area (Å²) in [6.07, 6.45) is -4.54. The Balaban J connectivity index is 3.23. The lowest BCUT2D eigenvalue weighted by Gasteiger charge is -2.14. The van der Waals surface area contributed by atoms with Gasteiger partial charge in [-0.25, -0.2) is 8.42 Å². The molecule has 0 atom stereocenters. The molecule has 1 rings (SSSR count). The minimum Gasteiger partial charge on any atom is -0.495 e. The number of alkyl halides is 3. The summed E-state index contributed by atoms with van der Waals surface area (Å²) >= 11 is 0. The van der Waals surface area contributed by atoms with E-state index in [1.165, 1.54) is 14.0 Å². The van der Waals surface area contributed by atoms with E-state index in [4.69, 9.17) is 4.74 Å². The lowest BCUT2D eigenvalue weighted by molar-refractivity contribution is -0.137. The third-order valence-corrected chi connectivity index (χ3v) is 3.46. The van der Waals surface area contributed by atoms with Crippen molar-refractivity contribution in [3.05, 3.63) is 23.8 Å². The Hall–Kier alpha value is -1.44. The van der Waals surface area contributed by atoms with E-state index in [-0.39, 0.29) is 17.2 Å². The van der Waals surface area contributed by atoms with Crippen molar-refractivity contribution in [2.45, 2.75) is 13.1 Å². The largest absolute Gasteiger partial charge is 0.495 e. The van der Waals surface area contributed by atoms with Gasteiger partial charge >= 0.3 is 6.18 Å². The Kier molecular flexibility index (Phi) is 4.10. The molecule has 0 aromatic heterocycles. The second-order valence-corrected chi connectivity index (χ2v) is 5.43. The predicted molar refractivity (Wildman–Crippen MR) is 61.1 cm³/mol. The zero-order chi connectivity index (χ0) is 14.0. The van der Waals surface area contributed by atoms with Crippen LogP contribution in [0.15, 0.2) is 18.2 Å².